The van der Waals surface area contributed by atoms with Crippen molar-refractivity contribution < 1.29 is 14.3 Å². The van der Waals surface area contributed by atoms with Gasteiger partial charge in [-0.05, 0) is 59.4 Å². The largest absolute Gasteiger partial charge is 0.444 e. The highest BCUT2D eigenvalue weighted by Crippen LogP contribution is 2.28. The van der Waals surface area contributed by atoms with Gasteiger partial charge in [0.05, 0.1) is 0 Å². The normalized spacial score (nSPS) is 31.0. The SMILES string of the molecule is CC(C)(C)OC(=O)N1CCC[C@@H]1C(=O)N[C@@H]1CCN2CCCC[C@@H]12. The predicted octanol–water partition coefficient (Wildman–Crippen LogP) is 2.13. The van der Waals surface area contributed by atoms with Crippen LogP contribution < -0.4 is 5.32 Å². The standard InChI is InChI=1S/C18H31N3O3/c1-18(2,3)24-17(23)21-11-6-8-15(21)16(22)19-13-9-12-20-10-5-4-7-14(13)20/h13-15H,4-12H2,1-3H3,(H,19,22)/t13-,14+,15-/m1/s1. The Hall–Kier alpha value is -1.30. The summed E-state index contributed by atoms with van der Waals surface area (Å²) in [5.41, 5.74) is -0.533. The number of hydrogen-bond acceptors (Lipinski definition) is 4. The van der Waals surface area contributed by atoms with Crippen molar-refractivity contribution in [1.29, 1.82) is 0 Å². The Morgan fingerprint density at radius 3 is 2.54 bits per heavy atom. The average molecular weight is 337 g/mol. The van der Waals surface area contributed by atoms with E-state index >= 15 is 0 Å². The molecule has 0 aromatic heterocycles. The molecule has 0 saturated carbocycles. The molecule has 0 aliphatic carbocycles. The van der Waals surface area contributed by atoms with E-state index < -0.39 is 5.60 Å². The second-order valence-corrected chi connectivity index (χ2v) is 8.33. The van der Waals surface area contributed by atoms with Crippen molar-refractivity contribution in [2.45, 2.75) is 83.0 Å². The van der Waals surface area contributed by atoms with Gasteiger partial charge >= 0.3 is 6.09 Å². The molecule has 0 aromatic rings. The molecule has 136 valence electrons. The Labute approximate surface area is 144 Å². The van der Waals surface area contributed by atoms with Crippen LogP contribution in [0.25, 0.3) is 0 Å². The van der Waals surface area contributed by atoms with Crippen LogP contribution in [0.2, 0.25) is 0 Å². The van der Waals surface area contributed by atoms with Gasteiger partial charge in [-0.1, -0.05) is 6.42 Å². The molecule has 0 radical (unpaired) electrons. The molecule has 6 heteroatoms. The third-order valence-corrected chi connectivity index (χ3v) is 5.37. The molecule has 3 fully saturated rings. The minimum absolute atomic E-state index is 0.00390. The molecule has 3 aliphatic heterocycles. The lowest BCUT2D eigenvalue weighted by Crippen LogP contribution is -2.53. The van der Waals surface area contributed by atoms with E-state index in [2.05, 4.69) is 10.2 Å². The summed E-state index contributed by atoms with van der Waals surface area (Å²) in [5, 5.41) is 3.24. The number of ether oxygens (including phenoxy) is 1. The van der Waals surface area contributed by atoms with Crippen LogP contribution in [-0.2, 0) is 9.53 Å². The zero-order valence-corrected chi connectivity index (χ0v) is 15.2. The zero-order chi connectivity index (χ0) is 17.3. The van der Waals surface area contributed by atoms with Crippen molar-refractivity contribution >= 4 is 12.0 Å². The highest BCUT2D eigenvalue weighted by molar-refractivity contribution is 5.86. The molecule has 1 N–H and O–H groups in total. The van der Waals surface area contributed by atoms with Crippen LogP contribution in [0, 0.1) is 0 Å². The minimum atomic E-state index is -0.533. The van der Waals surface area contributed by atoms with Crippen molar-refractivity contribution in [1.82, 2.24) is 15.1 Å². The molecule has 3 atom stereocenters. The summed E-state index contributed by atoms with van der Waals surface area (Å²) in [7, 11) is 0. The smallest absolute Gasteiger partial charge is 0.410 e. The van der Waals surface area contributed by atoms with Crippen molar-refractivity contribution in [3.63, 3.8) is 0 Å². The molecule has 3 rings (SSSR count). The molecule has 0 bridgehead atoms. The Balaban J connectivity index is 1.58. The molecule has 3 saturated heterocycles. The predicted molar refractivity (Wildman–Crippen MR) is 91.7 cm³/mol. The number of amides is 2. The minimum Gasteiger partial charge on any atom is -0.444 e. The fraction of sp³-hybridized carbons (Fsp3) is 0.889. The number of carbonyl (C=O) groups excluding carboxylic acids is 2. The first-order chi connectivity index (χ1) is 11.3. The summed E-state index contributed by atoms with van der Waals surface area (Å²) >= 11 is 0. The second-order valence-electron chi connectivity index (χ2n) is 8.33. The Bertz CT molecular complexity index is 488. The molecule has 3 heterocycles. The van der Waals surface area contributed by atoms with Crippen molar-refractivity contribution in [2.75, 3.05) is 19.6 Å². The van der Waals surface area contributed by atoms with E-state index in [1.807, 2.05) is 20.8 Å². The summed E-state index contributed by atoms with van der Waals surface area (Å²) in [4.78, 5) is 29.2. The molecular weight excluding hydrogens is 306 g/mol. The summed E-state index contributed by atoms with van der Waals surface area (Å²) in [6, 6.07) is 0.343. The average Bonchev–Trinajstić information content (AvgIpc) is 3.13. The van der Waals surface area contributed by atoms with Crippen LogP contribution >= 0.6 is 0 Å². The number of nitrogens with one attached hydrogen (secondary N) is 1. The van der Waals surface area contributed by atoms with E-state index in [9.17, 15) is 9.59 Å². The molecule has 3 aliphatic rings. The van der Waals surface area contributed by atoms with Crippen LogP contribution in [0.15, 0.2) is 0 Å². The van der Waals surface area contributed by atoms with Gasteiger partial charge in [0, 0.05) is 25.2 Å². The summed E-state index contributed by atoms with van der Waals surface area (Å²) in [6.45, 7) is 8.40. The van der Waals surface area contributed by atoms with Gasteiger partial charge in [0.1, 0.15) is 11.6 Å². The van der Waals surface area contributed by atoms with E-state index in [0.717, 1.165) is 32.4 Å². The third-order valence-electron chi connectivity index (χ3n) is 5.37. The van der Waals surface area contributed by atoms with E-state index in [1.54, 1.807) is 4.90 Å². The molecule has 0 aromatic carbocycles. The van der Waals surface area contributed by atoms with E-state index in [4.69, 9.17) is 4.74 Å². The Morgan fingerprint density at radius 1 is 1.00 bits per heavy atom. The first-order valence-corrected chi connectivity index (χ1v) is 9.39. The maximum atomic E-state index is 12.8. The van der Waals surface area contributed by atoms with Gasteiger partial charge in [0.15, 0.2) is 0 Å². The van der Waals surface area contributed by atoms with Crippen LogP contribution in [0.1, 0.15) is 59.3 Å². The molecule has 6 nitrogen and oxygen atoms in total. The van der Waals surface area contributed by atoms with E-state index in [1.165, 1.54) is 19.3 Å². The lowest BCUT2D eigenvalue weighted by Gasteiger charge is -2.33. The second kappa shape index (κ2) is 6.90. The highest BCUT2D eigenvalue weighted by atomic mass is 16.6. The van der Waals surface area contributed by atoms with E-state index in [-0.39, 0.29) is 24.1 Å². The maximum Gasteiger partial charge on any atom is 0.410 e. The first kappa shape index (κ1) is 17.5. The van der Waals surface area contributed by atoms with Crippen LogP contribution in [0.3, 0.4) is 0 Å². The quantitative estimate of drug-likeness (QED) is 0.838. The molecule has 0 unspecified atom stereocenters. The topological polar surface area (TPSA) is 61.9 Å². The Morgan fingerprint density at radius 2 is 1.79 bits per heavy atom. The lowest BCUT2D eigenvalue weighted by atomic mass is 9.98. The monoisotopic (exact) mass is 337 g/mol. The van der Waals surface area contributed by atoms with Crippen LogP contribution in [-0.4, -0.2) is 65.2 Å². The summed E-state index contributed by atoms with van der Waals surface area (Å²) < 4.78 is 5.46. The fourth-order valence-corrected chi connectivity index (χ4v) is 4.27. The van der Waals surface area contributed by atoms with Crippen LogP contribution in [0.4, 0.5) is 4.79 Å². The van der Waals surface area contributed by atoms with Gasteiger partial charge in [-0.15, -0.1) is 0 Å². The molecule has 2 amide bonds. The highest BCUT2D eigenvalue weighted by Gasteiger charge is 2.40. The molecular formula is C18H31N3O3. The van der Waals surface area contributed by atoms with Crippen molar-refractivity contribution in [2.24, 2.45) is 0 Å². The lowest BCUT2D eigenvalue weighted by molar-refractivity contribution is -0.126. The fourth-order valence-electron chi connectivity index (χ4n) is 4.27. The number of rotatable bonds is 2. The molecule has 24 heavy (non-hydrogen) atoms. The number of carbonyl (C=O) groups is 2. The van der Waals surface area contributed by atoms with Crippen LogP contribution in [0.5, 0.6) is 0 Å². The number of piperidine rings is 1. The van der Waals surface area contributed by atoms with Crippen molar-refractivity contribution in [3.8, 4) is 0 Å². The summed E-state index contributed by atoms with van der Waals surface area (Å²) in [6.07, 6.45) is 5.93. The first-order valence-electron chi connectivity index (χ1n) is 9.39. The Kier molecular flexibility index (Phi) is 5.04. The maximum absolute atomic E-state index is 12.8. The van der Waals surface area contributed by atoms with Gasteiger partial charge in [-0.3, -0.25) is 14.6 Å². The van der Waals surface area contributed by atoms with Crippen molar-refractivity contribution in [3.05, 3.63) is 0 Å². The molecule has 0 spiro atoms. The van der Waals surface area contributed by atoms with E-state index in [0.29, 0.717) is 12.6 Å². The number of likely N-dealkylation sites (tertiary alicyclic amines) is 1. The van der Waals surface area contributed by atoms with Gasteiger partial charge in [0.25, 0.3) is 0 Å². The van der Waals surface area contributed by atoms with Gasteiger partial charge in [-0.25, -0.2) is 4.79 Å². The third kappa shape index (κ3) is 3.85. The number of hydrogen-bond donors (Lipinski definition) is 1. The number of nitrogens with zero attached hydrogens (tertiary/aromatic N) is 2. The number of fused-ring (bicyclic) bond motifs is 1. The van der Waals surface area contributed by atoms with Gasteiger partial charge in [-0.2, -0.15) is 0 Å². The summed E-state index contributed by atoms with van der Waals surface area (Å²) in [5.74, 6) is -0.00390. The van der Waals surface area contributed by atoms with Gasteiger partial charge in [0.2, 0.25) is 5.91 Å². The van der Waals surface area contributed by atoms with Gasteiger partial charge < -0.3 is 10.1 Å². The zero-order valence-electron chi connectivity index (χ0n) is 15.2.